The standard InChI is InChI=1S/C11H16/c1-2-11(7-8-11)9-10-5-3-4-6-10/h1,10H,3-9H2. The van der Waals surface area contributed by atoms with Crippen molar-refractivity contribution in [2.45, 2.75) is 44.9 Å². The Bertz CT molecular complexity index is 175. The minimum absolute atomic E-state index is 0.384. The lowest BCUT2D eigenvalue weighted by Crippen LogP contribution is -2.04. The van der Waals surface area contributed by atoms with Crippen LogP contribution in [0.3, 0.4) is 0 Å². The minimum atomic E-state index is 0.384. The predicted molar refractivity (Wildman–Crippen MR) is 47.1 cm³/mol. The molecule has 60 valence electrons. The molecular weight excluding hydrogens is 132 g/mol. The van der Waals surface area contributed by atoms with Crippen molar-refractivity contribution in [3.05, 3.63) is 0 Å². The average Bonchev–Trinajstić information content (AvgIpc) is 2.59. The molecule has 0 amide bonds. The van der Waals surface area contributed by atoms with Crippen molar-refractivity contribution in [3.8, 4) is 12.3 Å². The van der Waals surface area contributed by atoms with E-state index >= 15 is 0 Å². The van der Waals surface area contributed by atoms with E-state index in [0.717, 1.165) is 5.92 Å². The van der Waals surface area contributed by atoms with Gasteiger partial charge in [-0.1, -0.05) is 31.6 Å². The SMILES string of the molecule is C#CC1(CC2CCCC2)CC1. The van der Waals surface area contributed by atoms with Gasteiger partial charge >= 0.3 is 0 Å². The summed E-state index contributed by atoms with van der Waals surface area (Å²) in [6, 6.07) is 0. The highest BCUT2D eigenvalue weighted by molar-refractivity contribution is 5.15. The van der Waals surface area contributed by atoms with Crippen LogP contribution in [0.1, 0.15) is 44.9 Å². The maximum absolute atomic E-state index is 5.50. The van der Waals surface area contributed by atoms with E-state index in [9.17, 15) is 0 Å². The number of terminal acetylenes is 1. The summed E-state index contributed by atoms with van der Waals surface area (Å²) in [5.41, 5.74) is 0.384. The van der Waals surface area contributed by atoms with Crippen molar-refractivity contribution in [1.29, 1.82) is 0 Å². The first-order valence-corrected chi connectivity index (χ1v) is 4.82. The topological polar surface area (TPSA) is 0 Å². The Balaban J connectivity index is 1.85. The molecule has 0 aromatic heterocycles. The van der Waals surface area contributed by atoms with Crippen LogP contribution in [0.25, 0.3) is 0 Å². The Kier molecular flexibility index (Phi) is 1.68. The van der Waals surface area contributed by atoms with Gasteiger partial charge in [0.25, 0.3) is 0 Å². The first kappa shape index (κ1) is 7.22. The molecule has 0 aromatic carbocycles. The summed E-state index contributed by atoms with van der Waals surface area (Å²) < 4.78 is 0. The third-order valence-electron chi connectivity index (χ3n) is 3.31. The van der Waals surface area contributed by atoms with E-state index in [1.807, 2.05) is 0 Å². The van der Waals surface area contributed by atoms with Gasteiger partial charge in [0.2, 0.25) is 0 Å². The van der Waals surface area contributed by atoms with Crippen LogP contribution in [0.5, 0.6) is 0 Å². The van der Waals surface area contributed by atoms with Crippen molar-refractivity contribution >= 4 is 0 Å². The third kappa shape index (κ3) is 1.43. The van der Waals surface area contributed by atoms with Crippen LogP contribution in [0.2, 0.25) is 0 Å². The molecule has 0 nitrogen and oxygen atoms in total. The molecule has 2 rings (SSSR count). The van der Waals surface area contributed by atoms with Gasteiger partial charge in [-0.05, 0) is 25.2 Å². The van der Waals surface area contributed by atoms with Crippen molar-refractivity contribution in [2.24, 2.45) is 11.3 Å². The lowest BCUT2D eigenvalue weighted by molar-refractivity contribution is 0.422. The molecule has 0 spiro atoms. The van der Waals surface area contributed by atoms with Gasteiger partial charge in [-0.25, -0.2) is 0 Å². The molecule has 2 aliphatic carbocycles. The molecule has 0 aliphatic heterocycles. The average molecular weight is 148 g/mol. The molecule has 0 saturated heterocycles. The molecule has 2 saturated carbocycles. The van der Waals surface area contributed by atoms with E-state index in [2.05, 4.69) is 5.92 Å². The van der Waals surface area contributed by atoms with Crippen LogP contribution in [0.4, 0.5) is 0 Å². The van der Waals surface area contributed by atoms with Crippen molar-refractivity contribution < 1.29 is 0 Å². The largest absolute Gasteiger partial charge is 0.120 e. The zero-order valence-electron chi connectivity index (χ0n) is 7.10. The molecule has 0 N–H and O–H groups in total. The second-order valence-electron chi connectivity index (χ2n) is 4.28. The van der Waals surface area contributed by atoms with Gasteiger partial charge in [-0.2, -0.15) is 0 Å². The van der Waals surface area contributed by atoms with Crippen molar-refractivity contribution in [2.75, 3.05) is 0 Å². The lowest BCUT2D eigenvalue weighted by atomic mass is 9.91. The van der Waals surface area contributed by atoms with E-state index in [0.29, 0.717) is 5.41 Å². The van der Waals surface area contributed by atoms with E-state index in [1.54, 1.807) is 0 Å². The summed E-state index contributed by atoms with van der Waals surface area (Å²) in [5, 5.41) is 0. The van der Waals surface area contributed by atoms with Crippen LogP contribution in [-0.4, -0.2) is 0 Å². The van der Waals surface area contributed by atoms with Gasteiger partial charge in [-0.15, -0.1) is 6.42 Å². The maximum Gasteiger partial charge on any atom is 0.0315 e. The van der Waals surface area contributed by atoms with Gasteiger partial charge in [0.15, 0.2) is 0 Å². The van der Waals surface area contributed by atoms with Gasteiger partial charge in [0.1, 0.15) is 0 Å². The second kappa shape index (κ2) is 2.55. The summed E-state index contributed by atoms with van der Waals surface area (Å²) in [6.45, 7) is 0. The molecule has 0 heteroatoms. The summed E-state index contributed by atoms with van der Waals surface area (Å²) in [6.07, 6.45) is 15.2. The van der Waals surface area contributed by atoms with Crippen LogP contribution in [0.15, 0.2) is 0 Å². The zero-order chi connectivity index (χ0) is 7.73. The Labute approximate surface area is 69.4 Å². The van der Waals surface area contributed by atoms with Crippen LogP contribution in [0, 0.1) is 23.7 Å². The molecule has 11 heavy (non-hydrogen) atoms. The van der Waals surface area contributed by atoms with Crippen molar-refractivity contribution in [1.82, 2.24) is 0 Å². The highest BCUT2D eigenvalue weighted by Gasteiger charge is 2.42. The van der Waals surface area contributed by atoms with E-state index in [1.165, 1.54) is 44.9 Å². The quantitative estimate of drug-likeness (QED) is 0.528. The van der Waals surface area contributed by atoms with E-state index < -0.39 is 0 Å². The number of rotatable bonds is 2. The van der Waals surface area contributed by atoms with E-state index in [4.69, 9.17) is 6.42 Å². The summed E-state index contributed by atoms with van der Waals surface area (Å²) >= 11 is 0. The van der Waals surface area contributed by atoms with Crippen LogP contribution < -0.4 is 0 Å². The smallest absolute Gasteiger partial charge is 0.0315 e. The molecule has 0 heterocycles. The normalized spacial score (nSPS) is 28.3. The Morgan fingerprint density at radius 2 is 1.91 bits per heavy atom. The van der Waals surface area contributed by atoms with E-state index in [-0.39, 0.29) is 0 Å². The predicted octanol–water partition coefficient (Wildman–Crippen LogP) is 2.98. The monoisotopic (exact) mass is 148 g/mol. The molecule has 0 aromatic rings. The zero-order valence-corrected chi connectivity index (χ0v) is 7.10. The summed E-state index contributed by atoms with van der Waals surface area (Å²) in [5.74, 6) is 3.96. The summed E-state index contributed by atoms with van der Waals surface area (Å²) in [4.78, 5) is 0. The Hall–Kier alpha value is -0.440. The fraction of sp³-hybridized carbons (Fsp3) is 0.818. The van der Waals surface area contributed by atoms with Crippen LogP contribution >= 0.6 is 0 Å². The number of hydrogen-bond acceptors (Lipinski definition) is 0. The summed E-state index contributed by atoms with van der Waals surface area (Å²) in [7, 11) is 0. The van der Waals surface area contributed by atoms with Crippen LogP contribution in [-0.2, 0) is 0 Å². The van der Waals surface area contributed by atoms with Gasteiger partial charge in [0.05, 0.1) is 0 Å². The minimum Gasteiger partial charge on any atom is -0.120 e. The van der Waals surface area contributed by atoms with Crippen molar-refractivity contribution in [3.63, 3.8) is 0 Å². The molecule has 0 atom stereocenters. The number of hydrogen-bond donors (Lipinski definition) is 0. The molecule has 2 aliphatic rings. The van der Waals surface area contributed by atoms with Gasteiger partial charge in [-0.3, -0.25) is 0 Å². The molecular formula is C11H16. The second-order valence-corrected chi connectivity index (χ2v) is 4.28. The molecule has 0 unspecified atom stereocenters. The highest BCUT2D eigenvalue weighted by atomic mass is 14.4. The fourth-order valence-electron chi connectivity index (χ4n) is 2.33. The molecule has 0 radical (unpaired) electrons. The first-order valence-electron chi connectivity index (χ1n) is 4.82. The molecule has 0 bridgehead atoms. The Morgan fingerprint density at radius 1 is 1.27 bits per heavy atom. The fourth-order valence-corrected chi connectivity index (χ4v) is 2.33. The first-order chi connectivity index (χ1) is 5.35. The highest BCUT2D eigenvalue weighted by Crippen LogP contribution is 2.52. The molecule has 2 fully saturated rings. The lowest BCUT2D eigenvalue weighted by Gasteiger charge is -2.12. The Morgan fingerprint density at radius 3 is 2.36 bits per heavy atom. The van der Waals surface area contributed by atoms with Gasteiger partial charge < -0.3 is 0 Å². The maximum atomic E-state index is 5.50. The van der Waals surface area contributed by atoms with Gasteiger partial charge in [0, 0.05) is 5.41 Å². The third-order valence-corrected chi connectivity index (χ3v) is 3.31.